The molecule has 1 atom stereocenters. The number of amides is 1. The van der Waals surface area contributed by atoms with E-state index in [-0.39, 0.29) is 11.7 Å². The molecule has 0 saturated carbocycles. The minimum absolute atomic E-state index is 0.154. The highest BCUT2D eigenvalue weighted by Crippen LogP contribution is 2.11. The van der Waals surface area contributed by atoms with Gasteiger partial charge >= 0.3 is 0 Å². The average molecular weight is 210 g/mol. The molecule has 1 aromatic rings. The average Bonchev–Trinajstić information content (AvgIpc) is 2.54. The van der Waals surface area contributed by atoms with Crippen LogP contribution in [0, 0.1) is 12.8 Å². The summed E-state index contributed by atoms with van der Waals surface area (Å²) in [5.74, 6) is 0.579. The van der Waals surface area contributed by atoms with Crippen LogP contribution in [0.15, 0.2) is 0 Å². The number of aromatic nitrogens is 2. The first-order valence-corrected chi connectivity index (χ1v) is 5.14. The van der Waals surface area contributed by atoms with Gasteiger partial charge in [0.2, 0.25) is 0 Å². The summed E-state index contributed by atoms with van der Waals surface area (Å²) in [6, 6.07) is 0. The minimum Gasteiger partial charge on any atom is -0.382 e. The minimum atomic E-state index is -0.154. The van der Waals surface area contributed by atoms with Gasteiger partial charge in [-0.15, -0.1) is 0 Å². The van der Waals surface area contributed by atoms with Crippen LogP contribution in [0.1, 0.15) is 36.3 Å². The standard InChI is InChI=1S/C10H18N4O/c1-4-6(2)5-12-10(15)8-7(3)13-14-9(8)11/h6H,4-5H2,1-3H3,(H,12,15)(H3,11,13,14). The molecule has 15 heavy (non-hydrogen) atoms. The number of aryl methyl sites for hydroxylation is 1. The van der Waals surface area contributed by atoms with Crippen molar-refractivity contribution in [2.24, 2.45) is 5.92 Å². The van der Waals surface area contributed by atoms with Crippen LogP contribution in [0.5, 0.6) is 0 Å². The Morgan fingerprint density at radius 1 is 1.67 bits per heavy atom. The van der Waals surface area contributed by atoms with Crippen molar-refractivity contribution in [3.05, 3.63) is 11.3 Å². The van der Waals surface area contributed by atoms with Crippen molar-refractivity contribution in [2.45, 2.75) is 27.2 Å². The van der Waals surface area contributed by atoms with Crippen LogP contribution in [0.2, 0.25) is 0 Å². The molecule has 0 aliphatic heterocycles. The Morgan fingerprint density at radius 3 is 2.80 bits per heavy atom. The fourth-order valence-corrected chi connectivity index (χ4v) is 1.23. The van der Waals surface area contributed by atoms with E-state index < -0.39 is 0 Å². The molecule has 1 aromatic heterocycles. The van der Waals surface area contributed by atoms with Gasteiger partial charge in [-0.3, -0.25) is 9.89 Å². The number of carbonyl (C=O) groups is 1. The molecule has 5 heteroatoms. The van der Waals surface area contributed by atoms with E-state index in [1.165, 1.54) is 0 Å². The molecule has 1 amide bonds. The lowest BCUT2D eigenvalue weighted by atomic mass is 10.1. The molecular weight excluding hydrogens is 192 g/mol. The van der Waals surface area contributed by atoms with Crippen molar-refractivity contribution in [3.8, 4) is 0 Å². The fourth-order valence-electron chi connectivity index (χ4n) is 1.23. The van der Waals surface area contributed by atoms with E-state index in [1.54, 1.807) is 6.92 Å². The van der Waals surface area contributed by atoms with E-state index in [9.17, 15) is 4.79 Å². The van der Waals surface area contributed by atoms with E-state index in [0.717, 1.165) is 6.42 Å². The summed E-state index contributed by atoms with van der Waals surface area (Å²) in [5, 5.41) is 9.30. The normalized spacial score (nSPS) is 12.5. The van der Waals surface area contributed by atoms with Crippen LogP contribution in [-0.4, -0.2) is 22.6 Å². The van der Waals surface area contributed by atoms with Gasteiger partial charge in [0.15, 0.2) is 5.82 Å². The van der Waals surface area contributed by atoms with Gasteiger partial charge < -0.3 is 11.1 Å². The van der Waals surface area contributed by atoms with E-state index in [4.69, 9.17) is 5.73 Å². The lowest BCUT2D eigenvalue weighted by Gasteiger charge is -2.09. The van der Waals surface area contributed by atoms with Crippen LogP contribution in [0.4, 0.5) is 5.82 Å². The molecule has 84 valence electrons. The maximum Gasteiger partial charge on any atom is 0.256 e. The zero-order valence-corrected chi connectivity index (χ0v) is 9.42. The second-order valence-electron chi connectivity index (χ2n) is 3.83. The predicted octanol–water partition coefficient (Wildman–Crippen LogP) is 1.08. The first kappa shape index (κ1) is 11.6. The topological polar surface area (TPSA) is 83.8 Å². The van der Waals surface area contributed by atoms with Crippen LogP contribution in [0.25, 0.3) is 0 Å². The third-order valence-electron chi connectivity index (χ3n) is 2.51. The van der Waals surface area contributed by atoms with Gasteiger partial charge in [0.05, 0.1) is 0 Å². The third kappa shape index (κ3) is 2.71. The van der Waals surface area contributed by atoms with Crippen molar-refractivity contribution in [1.29, 1.82) is 0 Å². The number of nitrogen functional groups attached to an aromatic ring is 1. The van der Waals surface area contributed by atoms with Gasteiger partial charge in [-0.1, -0.05) is 20.3 Å². The largest absolute Gasteiger partial charge is 0.382 e. The highest BCUT2D eigenvalue weighted by atomic mass is 16.1. The Bertz CT molecular complexity index is 326. The molecule has 5 nitrogen and oxygen atoms in total. The van der Waals surface area contributed by atoms with E-state index in [0.29, 0.717) is 23.7 Å². The maximum absolute atomic E-state index is 11.7. The first-order valence-electron chi connectivity index (χ1n) is 5.14. The smallest absolute Gasteiger partial charge is 0.256 e. The molecular formula is C10H18N4O. The second kappa shape index (κ2) is 4.82. The molecule has 0 saturated heterocycles. The number of H-pyrrole nitrogens is 1. The molecule has 1 rings (SSSR count). The first-order chi connectivity index (χ1) is 7.06. The predicted molar refractivity (Wildman–Crippen MR) is 59.5 cm³/mol. The number of nitrogens with two attached hydrogens (primary N) is 1. The Morgan fingerprint density at radius 2 is 2.33 bits per heavy atom. The third-order valence-corrected chi connectivity index (χ3v) is 2.51. The number of carbonyl (C=O) groups excluding carboxylic acids is 1. The summed E-state index contributed by atoms with van der Waals surface area (Å²) in [5.41, 5.74) is 6.74. The maximum atomic E-state index is 11.7. The van der Waals surface area contributed by atoms with E-state index in [2.05, 4.69) is 29.4 Å². The summed E-state index contributed by atoms with van der Waals surface area (Å²) in [4.78, 5) is 11.7. The Kier molecular flexibility index (Phi) is 3.71. The molecule has 0 fully saturated rings. The molecule has 1 unspecified atom stereocenters. The van der Waals surface area contributed by atoms with Gasteiger partial charge in [-0.25, -0.2) is 0 Å². The summed E-state index contributed by atoms with van der Waals surface area (Å²) >= 11 is 0. The summed E-state index contributed by atoms with van der Waals surface area (Å²) in [7, 11) is 0. The number of hydrogen-bond acceptors (Lipinski definition) is 3. The Hall–Kier alpha value is -1.52. The summed E-state index contributed by atoms with van der Waals surface area (Å²) < 4.78 is 0. The van der Waals surface area contributed by atoms with Crippen molar-refractivity contribution in [3.63, 3.8) is 0 Å². The van der Waals surface area contributed by atoms with Gasteiger partial charge in [0, 0.05) is 12.2 Å². The highest BCUT2D eigenvalue weighted by molar-refractivity contribution is 5.99. The summed E-state index contributed by atoms with van der Waals surface area (Å²) in [6.45, 7) is 6.63. The quantitative estimate of drug-likeness (QED) is 0.695. The molecule has 0 aliphatic rings. The lowest BCUT2D eigenvalue weighted by molar-refractivity contribution is 0.0948. The zero-order valence-electron chi connectivity index (χ0n) is 9.42. The van der Waals surface area contributed by atoms with Gasteiger partial charge in [0.1, 0.15) is 5.56 Å². The van der Waals surface area contributed by atoms with Crippen LogP contribution >= 0.6 is 0 Å². The second-order valence-corrected chi connectivity index (χ2v) is 3.83. The molecule has 0 radical (unpaired) electrons. The number of hydrogen-bond donors (Lipinski definition) is 3. The molecule has 0 spiro atoms. The number of aromatic amines is 1. The number of nitrogens with one attached hydrogen (secondary N) is 2. The van der Waals surface area contributed by atoms with E-state index in [1.807, 2.05) is 0 Å². The van der Waals surface area contributed by atoms with Gasteiger partial charge in [0.25, 0.3) is 5.91 Å². The van der Waals surface area contributed by atoms with E-state index >= 15 is 0 Å². The Labute approximate surface area is 89.4 Å². The van der Waals surface area contributed by atoms with Crippen LogP contribution < -0.4 is 11.1 Å². The fraction of sp³-hybridized carbons (Fsp3) is 0.600. The summed E-state index contributed by atoms with van der Waals surface area (Å²) in [6.07, 6.45) is 1.04. The SMILES string of the molecule is CCC(C)CNC(=O)c1c(N)n[nH]c1C. The number of rotatable bonds is 4. The van der Waals surface area contributed by atoms with Crippen molar-refractivity contribution >= 4 is 11.7 Å². The van der Waals surface area contributed by atoms with Gasteiger partial charge in [-0.2, -0.15) is 5.10 Å². The van der Waals surface area contributed by atoms with Crippen molar-refractivity contribution in [1.82, 2.24) is 15.5 Å². The molecule has 1 heterocycles. The van der Waals surface area contributed by atoms with Crippen molar-refractivity contribution < 1.29 is 4.79 Å². The monoisotopic (exact) mass is 210 g/mol. The molecule has 0 bridgehead atoms. The van der Waals surface area contributed by atoms with Crippen molar-refractivity contribution in [2.75, 3.05) is 12.3 Å². The Balaban J connectivity index is 2.62. The number of anilines is 1. The van der Waals surface area contributed by atoms with Crippen LogP contribution in [-0.2, 0) is 0 Å². The number of nitrogens with zero attached hydrogens (tertiary/aromatic N) is 1. The molecule has 0 aromatic carbocycles. The van der Waals surface area contributed by atoms with Gasteiger partial charge in [-0.05, 0) is 12.8 Å². The molecule has 0 aliphatic carbocycles. The lowest BCUT2D eigenvalue weighted by Crippen LogP contribution is -2.28. The highest BCUT2D eigenvalue weighted by Gasteiger charge is 2.15. The molecule has 4 N–H and O–H groups in total. The zero-order chi connectivity index (χ0) is 11.4. The van der Waals surface area contributed by atoms with Crippen LogP contribution in [0.3, 0.4) is 0 Å².